The maximum atomic E-state index is 13.6. The second-order valence-corrected chi connectivity index (χ2v) is 6.21. The predicted molar refractivity (Wildman–Crippen MR) is 89.3 cm³/mol. The molecule has 1 aliphatic heterocycles. The number of benzene rings is 1. The Morgan fingerprint density at radius 1 is 1.46 bits per heavy atom. The maximum Gasteiger partial charge on any atom is 0.322 e. The lowest BCUT2D eigenvalue weighted by atomic mass is 10.1. The van der Waals surface area contributed by atoms with Crippen LogP contribution < -0.4 is 5.32 Å². The summed E-state index contributed by atoms with van der Waals surface area (Å²) < 4.78 is 19.0. The molecule has 0 radical (unpaired) electrons. The Bertz CT molecular complexity index is 729. The molecule has 0 bridgehead atoms. The molecule has 1 fully saturated rings. The number of anilines is 1. The van der Waals surface area contributed by atoms with Gasteiger partial charge in [-0.3, -0.25) is 0 Å². The first kappa shape index (κ1) is 16.5. The van der Waals surface area contributed by atoms with Crippen molar-refractivity contribution in [2.24, 2.45) is 0 Å². The number of likely N-dealkylation sites (tertiary alicyclic amines) is 1. The van der Waals surface area contributed by atoms with E-state index in [4.69, 9.17) is 4.52 Å². The van der Waals surface area contributed by atoms with Crippen molar-refractivity contribution in [1.29, 1.82) is 0 Å². The molecule has 24 heavy (non-hydrogen) atoms. The van der Waals surface area contributed by atoms with E-state index in [1.54, 1.807) is 24.0 Å². The van der Waals surface area contributed by atoms with E-state index in [1.165, 1.54) is 6.07 Å². The lowest BCUT2D eigenvalue weighted by Crippen LogP contribution is -2.34. The van der Waals surface area contributed by atoms with Crippen LogP contribution in [-0.4, -0.2) is 22.6 Å². The average molecular weight is 331 g/mol. The molecule has 0 saturated carbocycles. The van der Waals surface area contributed by atoms with Gasteiger partial charge >= 0.3 is 6.03 Å². The number of carbonyl (C=O) groups is 1. The van der Waals surface area contributed by atoms with Gasteiger partial charge < -0.3 is 14.7 Å². The number of rotatable bonds is 4. The summed E-state index contributed by atoms with van der Waals surface area (Å²) in [5, 5.41) is 6.90. The minimum absolute atomic E-state index is 0.0883. The Morgan fingerprint density at radius 3 is 3.04 bits per heavy atom. The lowest BCUT2D eigenvalue weighted by molar-refractivity contribution is 0.204. The zero-order valence-electron chi connectivity index (χ0n) is 14.0. The zero-order valence-corrected chi connectivity index (χ0v) is 14.0. The van der Waals surface area contributed by atoms with Gasteiger partial charge in [0.2, 0.25) is 0 Å². The van der Waals surface area contributed by atoms with Crippen molar-refractivity contribution in [2.75, 3.05) is 11.9 Å². The molecule has 0 aliphatic carbocycles. The molecule has 3 rings (SSSR count). The molecule has 1 N–H and O–H groups in total. The Hall–Kier alpha value is -2.37. The van der Waals surface area contributed by atoms with E-state index >= 15 is 0 Å². The van der Waals surface area contributed by atoms with E-state index in [2.05, 4.69) is 17.4 Å². The summed E-state index contributed by atoms with van der Waals surface area (Å²) in [7, 11) is 0. The third kappa shape index (κ3) is 3.42. The van der Waals surface area contributed by atoms with Gasteiger partial charge in [0.25, 0.3) is 0 Å². The Balaban J connectivity index is 1.71. The van der Waals surface area contributed by atoms with Gasteiger partial charge in [0.1, 0.15) is 17.3 Å². The fourth-order valence-corrected chi connectivity index (χ4v) is 3.03. The Labute approximate surface area is 140 Å². The molecule has 2 aromatic rings. The standard InChI is InChI=1S/C18H22FN3O2/c1-3-5-14-11-16(21-24-14)17-6-4-9-22(17)18(23)20-13-8-7-12(2)15(19)10-13/h7-8,10-11,17H,3-6,9H2,1-2H3,(H,20,23). The minimum atomic E-state index is -0.327. The van der Waals surface area contributed by atoms with Crippen molar-refractivity contribution in [3.05, 3.63) is 47.1 Å². The maximum absolute atomic E-state index is 13.6. The van der Waals surface area contributed by atoms with Crippen LogP contribution in [0, 0.1) is 12.7 Å². The first-order valence-electron chi connectivity index (χ1n) is 8.37. The number of urea groups is 1. The molecule has 1 unspecified atom stereocenters. The second kappa shape index (κ2) is 7.03. The average Bonchev–Trinajstić information content (AvgIpc) is 3.20. The largest absolute Gasteiger partial charge is 0.361 e. The summed E-state index contributed by atoms with van der Waals surface area (Å²) in [6, 6.07) is 6.31. The molecule has 1 atom stereocenters. The summed E-state index contributed by atoms with van der Waals surface area (Å²) >= 11 is 0. The van der Waals surface area contributed by atoms with Crippen molar-refractivity contribution in [1.82, 2.24) is 10.1 Å². The molecular weight excluding hydrogens is 309 g/mol. The van der Waals surface area contributed by atoms with Crippen molar-refractivity contribution >= 4 is 11.7 Å². The lowest BCUT2D eigenvalue weighted by Gasteiger charge is -2.23. The molecule has 0 spiro atoms. The number of nitrogens with one attached hydrogen (secondary N) is 1. The summed E-state index contributed by atoms with van der Waals surface area (Å²) in [5.74, 6) is 0.520. The van der Waals surface area contributed by atoms with Crippen LogP contribution in [0.4, 0.5) is 14.9 Å². The number of halogens is 1. The monoisotopic (exact) mass is 331 g/mol. The molecule has 2 amide bonds. The number of carbonyl (C=O) groups excluding carboxylic acids is 1. The topological polar surface area (TPSA) is 58.4 Å². The molecule has 1 aromatic heterocycles. The van der Waals surface area contributed by atoms with E-state index in [0.29, 0.717) is 17.8 Å². The molecule has 5 nitrogen and oxygen atoms in total. The summed E-state index contributed by atoms with van der Waals surface area (Å²) in [5.41, 5.74) is 1.81. The fraction of sp³-hybridized carbons (Fsp3) is 0.444. The molecule has 1 aliphatic rings. The summed E-state index contributed by atoms with van der Waals surface area (Å²) in [6.07, 6.45) is 3.60. The van der Waals surface area contributed by atoms with E-state index in [-0.39, 0.29) is 17.9 Å². The van der Waals surface area contributed by atoms with E-state index < -0.39 is 0 Å². The van der Waals surface area contributed by atoms with E-state index in [9.17, 15) is 9.18 Å². The minimum Gasteiger partial charge on any atom is -0.361 e. The van der Waals surface area contributed by atoms with E-state index in [1.807, 2.05) is 6.07 Å². The quantitative estimate of drug-likeness (QED) is 0.901. The van der Waals surface area contributed by atoms with Crippen LogP contribution in [-0.2, 0) is 6.42 Å². The van der Waals surface area contributed by atoms with Gasteiger partial charge in [0, 0.05) is 24.7 Å². The highest BCUT2D eigenvalue weighted by molar-refractivity contribution is 5.89. The molecule has 6 heteroatoms. The highest BCUT2D eigenvalue weighted by Gasteiger charge is 2.32. The van der Waals surface area contributed by atoms with Crippen LogP contribution >= 0.6 is 0 Å². The first-order chi connectivity index (χ1) is 11.6. The van der Waals surface area contributed by atoms with Gasteiger partial charge in [0.05, 0.1) is 6.04 Å². The summed E-state index contributed by atoms with van der Waals surface area (Å²) in [6.45, 7) is 4.43. The normalized spacial score (nSPS) is 17.3. The second-order valence-electron chi connectivity index (χ2n) is 6.21. The van der Waals surface area contributed by atoms with Gasteiger partial charge in [0.15, 0.2) is 0 Å². The van der Waals surface area contributed by atoms with Gasteiger partial charge in [-0.1, -0.05) is 18.1 Å². The van der Waals surface area contributed by atoms with Crippen molar-refractivity contribution in [3.8, 4) is 0 Å². The van der Waals surface area contributed by atoms with Gasteiger partial charge in [-0.05, 0) is 43.9 Å². The Morgan fingerprint density at radius 2 is 2.29 bits per heavy atom. The van der Waals surface area contributed by atoms with Gasteiger partial charge in [-0.25, -0.2) is 9.18 Å². The molecule has 1 aromatic carbocycles. The number of nitrogens with zero attached hydrogens (tertiary/aromatic N) is 2. The predicted octanol–water partition coefficient (Wildman–Crippen LogP) is 4.44. The highest BCUT2D eigenvalue weighted by atomic mass is 19.1. The molecule has 2 heterocycles. The van der Waals surface area contributed by atoms with Crippen LogP contribution in [0.5, 0.6) is 0 Å². The first-order valence-corrected chi connectivity index (χ1v) is 8.37. The zero-order chi connectivity index (χ0) is 17.1. The number of amides is 2. The van der Waals surface area contributed by atoms with Gasteiger partial charge in [-0.15, -0.1) is 0 Å². The van der Waals surface area contributed by atoms with Crippen molar-refractivity contribution in [3.63, 3.8) is 0 Å². The molecule has 1 saturated heterocycles. The van der Waals surface area contributed by atoms with Gasteiger partial charge in [-0.2, -0.15) is 0 Å². The summed E-state index contributed by atoms with van der Waals surface area (Å²) in [4.78, 5) is 14.3. The van der Waals surface area contributed by atoms with Crippen LogP contribution in [0.3, 0.4) is 0 Å². The number of hydrogen-bond donors (Lipinski definition) is 1. The number of aromatic nitrogens is 1. The van der Waals surface area contributed by atoms with Crippen LogP contribution in [0.25, 0.3) is 0 Å². The van der Waals surface area contributed by atoms with Crippen molar-refractivity contribution < 1.29 is 13.7 Å². The number of aryl methyl sites for hydroxylation is 2. The highest BCUT2D eigenvalue weighted by Crippen LogP contribution is 2.32. The van der Waals surface area contributed by atoms with Crippen LogP contribution in [0.2, 0.25) is 0 Å². The Kier molecular flexibility index (Phi) is 4.83. The number of hydrogen-bond acceptors (Lipinski definition) is 3. The van der Waals surface area contributed by atoms with E-state index in [0.717, 1.165) is 37.1 Å². The third-order valence-electron chi connectivity index (χ3n) is 4.35. The van der Waals surface area contributed by atoms with Crippen LogP contribution in [0.15, 0.2) is 28.8 Å². The molecule has 128 valence electrons. The fourth-order valence-electron chi connectivity index (χ4n) is 3.03. The smallest absolute Gasteiger partial charge is 0.322 e. The third-order valence-corrected chi connectivity index (χ3v) is 4.35. The molecular formula is C18H22FN3O2. The van der Waals surface area contributed by atoms with Crippen LogP contribution in [0.1, 0.15) is 49.2 Å². The van der Waals surface area contributed by atoms with Crippen molar-refractivity contribution in [2.45, 2.75) is 45.6 Å². The SMILES string of the molecule is CCCc1cc(C2CCCN2C(=O)Nc2ccc(C)c(F)c2)no1.